The Morgan fingerprint density at radius 1 is 1.20 bits per heavy atom. The summed E-state index contributed by atoms with van der Waals surface area (Å²) >= 11 is -0.956. The first kappa shape index (κ1) is 23.4. The Kier molecular flexibility index (Phi) is 8.47. The van der Waals surface area contributed by atoms with E-state index >= 15 is 0 Å². The topological polar surface area (TPSA) is 67.9 Å². The van der Waals surface area contributed by atoms with Crippen LogP contribution < -0.4 is 5.32 Å². The first-order valence-electron chi connectivity index (χ1n) is 10.7. The Labute approximate surface area is 180 Å². The van der Waals surface area contributed by atoms with Gasteiger partial charge in [0.05, 0.1) is 13.1 Å². The van der Waals surface area contributed by atoms with E-state index in [4.69, 9.17) is 4.74 Å². The van der Waals surface area contributed by atoms with E-state index < -0.39 is 34.5 Å². The highest BCUT2D eigenvalue weighted by molar-refractivity contribution is 7.89. The number of hydrogen-bond acceptors (Lipinski definition) is 5. The molecule has 1 N–H and O–H groups in total. The predicted octanol–water partition coefficient (Wildman–Crippen LogP) is 2.33. The molecular weight excluding hydrogens is 412 g/mol. The Morgan fingerprint density at radius 3 is 2.57 bits per heavy atom. The van der Waals surface area contributed by atoms with Gasteiger partial charge in [0.1, 0.15) is 23.0 Å². The third kappa shape index (κ3) is 5.50. The number of nitrogens with zero attached hydrogens (tertiary/aromatic N) is 2. The standard InChI is InChI=1S/C21H31F2N3O3S/c1-2-15-30(28)26-11-9-25(10-12-26)21(7-4-13-29-14-8-21)16-24-20(27)19-17(22)5-3-6-18(19)23/h3,5-6H,2,4,7-16H2,1H3,(H,24,27). The van der Waals surface area contributed by atoms with Crippen LogP contribution in [0.5, 0.6) is 0 Å². The molecule has 0 aromatic heterocycles. The summed E-state index contributed by atoms with van der Waals surface area (Å²) in [6, 6.07) is 3.42. The molecule has 6 nitrogen and oxygen atoms in total. The normalized spacial score (nSPS) is 24.9. The van der Waals surface area contributed by atoms with Crippen molar-refractivity contribution < 1.29 is 22.9 Å². The lowest BCUT2D eigenvalue weighted by Crippen LogP contribution is -2.62. The summed E-state index contributed by atoms with van der Waals surface area (Å²) in [4.78, 5) is 14.9. The largest absolute Gasteiger partial charge is 0.598 e. The lowest BCUT2D eigenvalue weighted by atomic mass is 9.87. The number of carbonyl (C=O) groups is 1. The quantitative estimate of drug-likeness (QED) is 0.655. The zero-order valence-electron chi connectivity index (χ0n) is 17.5. The molecule has 1 aromatic carbocycles. The van der Waals surface area contributed by atoms with Crippen LogP contribution in [-0.2, 0) is 16.1 Å². The van der Waals surface area contributed by atoms with E-state index in [1.165, 1.54) is 6.07 Å². The minimum atomic E-state index is -0.956. The Morgan fingerprint density at radius 2 is 1.90 bits per heavy atom. The van der Waals surface area contributed by atoms with E-state index in [0.717, 1.165) is 50.9 Å². The fraction of sp³-hybridized carbons (Fsp3) is 0.667. The van der Waals surface area contributed by atoms with E-state index in [2.05, 4.69) is 10.2 Å². The van der Waals surface area contributed by atoms with Gasteiger partial charge in [-0.15, -0.1) is 4.31 Å². The molecule has 0 radical (unpaired) electrons. The lowest BCUT2D eigenvalue weighted by molar-refractivity contribution is 0.0337. The highest BCUT2D eigenvalue weighted by atomic mass is 32.2. The van der Waals surface area contributed by atoms with Crippen LogP contribution in [0.4, 0.5) is 8.78 Å². The smallest absolute Gasteiger partial charge is 0.257 e. The summed E-state index contributed by atoms with van der Waals surface area (Å²) in [5, 5.41) is 2.78. The molecule has 0 bridgehead atoms. The molecule has 2 saturated heterocycles. The number of amides is 1. The maximum atomic E-state index is 14.0. The first-order chi connectivity index (χ1) is 14.5. The van der Waals surface area contributed by atoms with Crippen molar-refractivity contribution >= 4 is 17.3 Å². The molecule has 2 heterocycles. The van der Waals surface area contributed by atoms with Crippen LogP contribution >= 0.6 is 0 Å². The number of piperazine rings is 1. The molecule has 0 spiro atoms. The van der Waals surface area contributed by atoms with Crippen LogP contribution in [0.1, 0.15) is 43.0 Å². The van der Waals surface area contributed by atoms with Crippen LogP contribution in [0.15, 0.2) is 18.2 Å². The minimum absolute atomic E-state index is 0.293. The van der Waals surface area contributed by atoms with Crippen LogP contribution in [-0.4, -0.2) is 76.9 Å². The highest BCUT2D eigenvalue weighted by Gasteiger charge is 2.40. The molecule has 9 heteroatoms. The Hall–Kier alpha value is -1.26. The monoisotopic (exact) mass is 443 g/mol. The van der Waals surface area contributed by atoms with Gasteiger partial charge in [-0.3, -0.25) is 9.69 Å². The van der Waals surface area contributed by atoms with Gasteiger partial charge in [0, 0.05) is 49.7 Å². The average molecular weight is 444 g/mol. The maximum Gasteiger partial charge on any atom is 0.257 e. The summed E-state index contributed by atoms with van der Waals surface area (Å²) < 4.78 is 48.0. The van der Waals surface area contributed by atoms with Crippen molar-refractivity contribution in [2.75, 3.05) is 51.7 Å². The van der Waals surface area contributed by atoms with Crippen molar-refractivity contribution in [2.24, 2.45) is 0 Å². The molecule has 3 rings (SSSR count). The summed E-state index contributed by atoms with van der Waals surface area (Å²) in [5.41, 5.74) is -0.885. The molecule has 2 aliphatic rings. The van der Waals surface area contributed by atoms with Crippen molar-refractivity contribution in [3.63, 3.8) is 0 Å². The number of halogens is 2. The third-order valence-corrected chi connectivity index (χ3v) is 7.69. The summed E-state index contributed by atoms with van der Waals surface area (Å²) in [5.74, 6) is -1.79. The summed E-state index contributed by atoms with van der Waals surface area (Å²) in [6.07, 6.45) is 3.29. The lowest BCUT2D eigenvalue weighted by Gasteiger charge is -2.47. The van der Waals surface area contributed by atoms with E-state index in [1.54, 1.807) is 0 Å². The van der Waals surface area contributed by atoms with Gasteiger partial charge in [-0.05, 0) is 37.8 Å². The van der Waals surface area contributed by atoms with Gasteiger partial charge in [0.25, 0.3) is 5.91 Å². The van der Waals surface area contributed by atoms with Gasteiger partial charge in [0.15, 0.2) is 0 Å². The molecular formula is C21H31F2N3O3S. The molecule has 30 heavy (non-hydrogen) atoms. The maximum absolute atomic E-state index is 14.0. The van der Waals surface area contributed by atoms with Crippen LogP contribution in [0, 0.1) is 11.6 Å². The highest BCUT2D eigenvalue weighted by Crippen LogP contribution is 2.30. The van der Waals surface area contributed by atoms with E-state index in [1.807, 2.05) is 11.2 Å². The fourth-order valence-electron chi connectivity index (χ4n) is 4.32. The van der Waals surface area contributed by atoms with E-state index in [9.17, 15) is 18.1 Å². The predicted molar refractivity (Wildman–Crippen MR) is 113 cm³/mol. The first-order valence-corrected chi connectivity index (χ1v) is 11.9. The molecule has 1 amide bonds. The van der Waals surface area contributed by atoms with Gasteiger partial charge >= 0.3 is 0 Å². The van der Waals surface area contributed by atoms with Crippen molar-refractivity contribution in [1.29, 1.82) is 0 Å². The number of rotatable bonds is 7. The zero-order valence-corrected chi connectivity index (χ0v) is 18.3. The van der Waals surface area contributed by atoms with Crippen molar-refractivity contribution in [2.45, 2.75) is 38.1 Å². The molecule has 1 aromatic rings. The molecule has 2 fully saturated rings. The summed E-state index contributed by atoms with van der Waals surface area (Å²) in [7, 11) is 0. The van der Waals surface area contributed by atoms with Crippen LogP contribution in [0.2, 0.25) is 0 Å². The number of carbonyl (C=O) groups excluding carboxylic acids is 1. The Balaban J connectivity index is 1.69. The van der Waals surface area contributed by atoms with Crippen LogP contribution in [0.3, 0.4) is 0 Å². The summed E-state index contributed by atoms with van der Waals surface area (Å²) in [6.45, 7) is 6.43. The second kappa shape index (κ2) is 10.9. The molecule has 0 saturated carbocycles. The van der Waals surface area contributed by atoms with Crippen molar-refractivity contribution in [1.82, 2.24) is 14.5 Å². The molecule has 0 aliphatic carbocycles. The van der Waals surface area contributed by atoms with E-state index in [-0.39, 0.29) is 5.54 Å². The zero-order chi connectivity index (χ0) is 21.6. The number of benzene rings is 1. The van der Waals surface area contributed by atoms with Crippen molar-refractivity contribution in [3.05, 3.63) is 35.4 Å². The number of hydrogen-bond donors (Lipinski definition) is 1. The van der Waals surface area contributed by atoms with Crippen molar-refractivity contribution in [3.8, 4) is 0 Å². The number of nitrogens with one attached hydrogen (secondary N) is 1. The third-order valence-electron chi connectivity index (χ3n) is 5.99. The molecule has 2 aliphatic heterocycles. The van der Waals surface area contributed by atoms with Gasteiger partial charge in [-0.2, -0.15) is 0 Å². The second-order valence-electron chi connectivity index (χ2n) is 7.91. The Bertz CT molecular complexity index is 688. The van der Waals surface area contributed by atoms with E-state index in [0.29, 0.717) is 38.6 Å². The van der Waals surface area contributed by atoms with Gasteiger partial charge in [-0.1, -0.05) is 13.0 Å². The SMILES string of the molecule is CCC[S+]([O-])N1CCN(C2(CNC(=O)c3c(F)cccc3F)CCCOCC2)CC1. The van der Waals surface area contributed by atoms with Gasteiger partial charge in [0.2, 0.25) is 0 Å². The van der Waals surface area contributed by atoms with Gasteiger partial charge in [-0.25, -0.2) is 8.78 Å². The second-order valence-corrected chi connectivity index (χ2v) is 9.48. The van der Waals surface area contributed by atoms with Gasteiger partial charge < -0.3 is 14.6 Å². The fourth-order valence-corrected chi connectivity index (χ4v) is 5.49. The molecule has 168 valence electrons. The average Bonchev–Trinajstić information content (AvgIpc) is 2.99. The van der Waals surface area contributed by atoms with Crippen LogP contribution in [0.25, 0.3) is 0 Å². The number of ether oxygens (including phenoxy) is 1. The molecule has 2 unspecified atom stereocenters. The minimum Gasteiger partial charge on any atom is -0.598 e. The molecule has 2 atom stereocenters.